The van der Waals surface area contributed by atoms with Crippen molar-refractivity contribution in [3.63, 3.8) is 0 Å². The molecule has 1 atom stereocenters. The normalized spacial score (nSPS) is 12.9. The summed E-state index contributed by atoms with van der Waals surface area (Å²) in [4.78, 5) is 3.89. The molecule has 0 aliphatic carbocycles. The minimum absolute atomic E-state index is 0.120. The lowest BCUT2D eigenvalue weighted by Gasteiger charge is -2.09. The third-order valence-corrected chi connectivity index (χ3v) is 1.80. The van der Waals surface area contributed by atoms with Gasteiger partial charge in [-0.3, -0.25) is 0 Å². The molecular formula is C9H12F2N2O. The summed E-state index contributed by atoms with van der Waals surface area (Å²) in [5, 5.41) is 0. The van der Waals surface area contributed by atoms with Crippen LogP contribution in [0.3, 0.4) is 0 Å². The van der Waals surface area contributed by atoms with Gasteiger partial charge in [-0.25, -0.2) is 13.8 Å². The van der Waals surface area contributed by atoms with Gasteiger partial charge in [0.15, 0.2) is 0 Å². The van der Waals surface area contributed by atoms with E-state index >= 15 is 0 Å². The van der Waals surface area contributed by atoms with Crippen LogP contribution in [-0.2, 0) is 6.42 Å². The number of rotatable bonds is 4. The van der Waals surface area contributed by atoms with E-state index < -0.39 is 12.5 Å². The zero-order valence-electron chi connectivity index (χ0n) is 7.78. The molecule has 0 amide bonds. The van der Waals surface area contributed by atoms with Crippen LogP contribution in [0.1, 0.15) is 5.56 Å². The quantitative estimate of drug-likeness (QED) is 0.798. The Labute approximate surface area is 80.9 Å². The molecule has 1 rings (SSSR count). The van der Waals surface area contributed by atoms with E-state index in [1.807, 2.05) is 0 Å². The first kappa shape index (κ1) is 10.8. The van der Waals surface area contributed by atoms with Gasteiger partial charge in [-0.05, 0) is 12.0 Å². The zero-order chi connectivity index (χ0) is 10.6. The Balaban J connectivity index is 2.59. The predicted molar refractivity (Wildman–Crippen MR) is 48.5 cm³/mol. The Morgan fingerprint density at radius 1 is 1.50 bits per heavy atom. The number of nitrogens with zero attached hydrogens (tertiary/aromatic N) is 1. The van der Waals surface area contributed by atoms with Crippen LogP contribution in [0.5, 0.6) is 5.88 Å². The maximum atomic E-state index is 12.1. The summed E-state index contributed by atoms with van der Waals surface area (Å²) in [6.45, 7) is 0. The van der Waals surface area contributed by atoms with E-state index in [1.54, 1.807) is 12.1 Å². The molecule has 0 aliphatic rings. The summed E-state index contributed by atoms with van der Waals surface area (Å²) in [5.74, 6) is 0.458. The van der Waals surface area contributed by atoms with Crippen molar-refractivity contribution in [3.05, 3.63) is 23.9 Å². The average Bonchev–Trinajstić information content (AvgIpc) is 2.19. The largest absolute Gasteiger partial charge is 0.481 e. The summed E-state index contributed by atoms with van der Waals surface area (Å²) in [7, 11) is 1.49. The first-order valence-corrected chi connectivity index (χ1v) is 4.16. The Bertz CT molecular complexity index is 277. The number of nitrogens with two attached hydrogens (primary N) is 1. The van der Waals surface area contributed by atoms with Gasteiger partial charge in [-0.1, -0.05) is 6.07 Å². The van der Waals surface area contributed by atoms with Gasteiger partial charge >= 0.3 is 0 Å². The molecule has 1 heterocycles. The lowest BCUT2D eigenvalue weighted by atomic mass is 10.1. The fourth-order valence-corrected chi connectivity index (χ4v) is 1.01. The summed E-state index contributed by atoms with van der Waals surface area (Å²) in [5.41, 5.74) is 5.89. The average molecular weight is 202 g/mol. The fourth-order valence-electron chi connectivity index (χ4n) is 1.01. The third-order valence-electron chi connectivity index (χ3n) is 1.80. The van der Waals surface area contributed by atoms with E-state index in [0.717, 1.165) is 0 Å². The van der Waals surface area contributed by atoms with E-state index in [2.05, 4.69) is 4.98 Å². The molecule has 0 aliphatic heterocycles. The van der Waals surface area contributed by atoms with Crippen molar-refractivity contribution in [3.8, 4) is 5.88 Å². The SMILES string of the molecule is COc1ccc(CC(N)C(F)F)cn1. The molecule has 0 fully saturated rings. The maximum absolute atomic E-state index is 12.1. The lowest BCUT2D eigenvalue weighted by molar-refractivity contribution is 0.116. The van der Waals surface area contributed by atoms with E-state index in [-0.39, 0.29) is 6.42 Å². The number of methoxy groups -OCH3 is 1. The highest BCUT2D eigenvalue weighted by Gasteiger charge is 2.15. The number of alkyl halides is 2. The van der Waals surface area contributed by atoms with Gasteiger partial charge in [0.25, 0.3) is 6.43 Å². The first-order chi connectivity index (χ1) is 6.63. The van der Waals surface area contributed by atoms with Crippen molar-refractivity contribution in [1.82, 2.24) is 4.98 Å². The number of pyridine rings is 1. The second kappa shape index (κ2) is 4.85. The second-order valence-corrected chi connectivity index (χ2v) is 2.91. The summed E-state index contributed by atoms with van der Waals surface area (Å²) >= 11 is 0. The molecule has 78 valence electrons. The monoisotopic (exact) mass is 202 g/mol. The highest BCUT2D eigenvalue weighted by molar-refractivity contribution is 5.18. The third kappa shape index (κ3) is 2.92. The number of ether oxygens (including phenoxy) is 1. The van der Waals surface area contributed by atoms with Crippen molar-refractivity contribution in [1.29, 1.82) is 0 Å². The summed E-state index contributed by atoms with van der Waals surface area (Å²) in [6, 6.07) is 2.16. The first-order valence-electron chi connectivity index (χ1n) is 4.16. The van der Waals surface area contributed by atoms with Gasteiger partial charge in [0, 0.05) is 12.3 Å². The van der Waals surface area contributed by atoms with E-state index in [4.69, 9.17) is 10.5 Å². The number of aromatic nitrogens is 1. The molecule has 14 heavy (non-hydrogen) atoms. The molecule has 0 spiro atoms. The molecule has 1 aromatic heterocycles. The topological polar surface area (TPSA) is 48.1 Å². The van der Waals surface area contributed by atoms with Crippen LogP contribution in [0.25, 0.3) is 0 Å². The Morgan fingerprint density at radius 2 is 2.21 bits per heavy atom. The van der Waals surface area contributed by atoms with Crippen LogP contribution in [0, 0.1) is 0 Å². The molecule has 1 aromatic rings. The van der Waals surface area contributed by atoms with Crippen LogP contribution in [0.15, 0.2) is 18.3 Å². The molecule has 0 saturated carbocycles. The molecule has 0 aromatic carbocycles. The van der Waals surface area contributed by atoms with Crippen molar-refractivity contribution in [2.45, 2.75) is 18.9 Å². The standard InChI is InChI=1S/C9H12F2N2O/c1-14-8-3-2-6(5-13-8)4-7(12)9(10)11/h2-3,5,7,9H,4,12H2,1H3. The van der Waals surface area contributed by atoms with Gasteiger partial charge < -0.3 is 10.5 Å². The van der Waals surface area contributed by atoms with Crippen molar-refractivity contribution < 1.29 is 13.5 Å². The molecule has 0 saturated heterocycles. The van der Waals surface area contributed by atoms with E-state index in [9.17, 15) is 8.78 Å². The molecular weight excluding hydrogens is 190 g/mol. The highest BCUT2D eigenvalue weighted by atomic mass is 19.3. The fraction of sp³-hybridized carbons (Fsp3) is 0.444. The van der Waals surface area contributed by atoms with Gasteiger partial charge in [-0.15, -0.1) is 0 Å². The van der Waals surface area contributed by atoms with Crippen LogP contribution in [-0.4, -0.2) is 24.6 Å². The highest BCUT2D eigenvalue weighted by Crippen LogP contribution is 2.10. The smallest absolute Gasteiger partial charge is 0.253 e. The van der Waals surface area contributed by atoms with Crippen molar-refractivity contribution in [2.75, 3.05) is 7.11 Å². The van der Waals surface area contributed by atoms with Gasteiger partial charge in [0.2, 0.25) is 5.88 Å². The summed E-state index contributed by atoms with van der Waals surface area (Å²) < 4.78 is 29.0. The molecule has 3 nitrogen and oxygen atoms in total. The minimum atomic E-state index is -2.50. The number of hydrogen-bond donors (Lipinski definition) is 1. The van der Waals surface area contributed by atoms with E-state index in [0.29, 0.717) is 11.4 Å². The lowest BCUT2D eigenvalue weighted by Crippen LogP contribution is -2.30. The van der Waals surface area contributed by atoms with Gasteiger partial charge in [0.1, 0.15) is 0 Å². The van der Waals surface area contributed by atoms with Gasteiger partial charge in [-0.2, -0.15) is 0 Å². The number of halogens is 2. The van der Waals surface area contributed by atoms with Crippen LogP contribution >= 0.6 is 0 Å². The molecule has 2 N–H and O–H groups in total. The van der Waals surface area contributed by atoms with Crippen molar-refractivity contribution >= 4 is 0 Å². The second-order valence-electron chi connectivity index (χ2n) is 2.91. The summed E-state index contributed by atoms with van der Waals surface area (Å²) in [6.07, 6.45) is -0.896. The Hall–Kier alpha value is -1.23. The van der Waals surface area contributed by atoms with Crippen LogP contribution in [0.4, 0.5) is 8.78 Å². The molecule has 0 bridgehead atoms. The molecule has 5 heteroatoms. The molecule has 1 unspecified atom stereocenters. The maximum Gasteiger partial charge on any atom is 0.253 e. The number of hydrogen-bond acceptors (Lipinski definition) is 3. The van der Waals surface area contributed by atoms with Crippen molar-refractivity contribution in [2.24, 2.45) is 5.73 Å². The predicted octanol–water partition coefficient (Wildman–Crippen LogP) is 1.23. The minimum Gasteiger partial charge on any atom is -0.481 e. The zero-order valence-corrected chi connectivity index (χ0v) is 7.78. The van der Waals surface area contributed by atoms with Crippen LogP contribution < -0.4 is 10.5 Å². The van der Waals surface area contributed by atoms with E-state index in [1.165, 1.54) is 13.3 Å². The Morgan fingerprint density at radius 3 is 2.64 bits per heavy atom. The Kier molecular flexibility index (Phi) is 3.76. The van der Waals surface area contributed by atoms with Gasteiger partial charge in [0.05, 0.1) is 13.2 Å². The molecule has 0 radical (unpaired) electrons. The van der Waals surface area contributed by atoms with Crippen LogP contribution in [0.2, 0.25) is 0 Å².